The molecule has 4 rings (SSSR count). The fraction of sp³-hybridized carbons (Fsp3) is 0.480. The Morgan fingerprint density at radius 3 is 2.52 bits per heavy atom. The van der Waals surface area contributed by atoms with Gasteiger partial charge in [-0.3, -0.25) is 9.69 Å². The van der Waals surface area contributed by atoms with Gasteiger partial charge in [0.2, 0.25) is 5.91 Å². The van der Waals surface area contributed by atoms with Gasteiger partial charge in [0.1, 0.15) is 0 Å². The molecule has 0 unspecified atom stereocenters. The standard InChI is InChI=1S/C25H33N3O2S/c1-19-7-8-23(20(2)17-19)31-24-6-4-3-5-22(24)28-13-11-27(12-14-28)18-26-25(29)21-9-15-30-16-10-21/h3-8,17,21H,9-16,18H2,1-2H3,(H,26,29). The fourth-order valence-corrected chi connectivity index (χ4v) is 5.32. The van der Waals surface area contributed by atoms with E-state index in [9.17, 15) is 4.79 Å². The molecular formula is C25H33N3O2S. The van der Waals surface area contributed by atoms with Crippen LogP contribution in [-0.4, -0.2) is 56.9 Å². The van der Waals surface area contributed by atoms with Crippen LogP contribution in [0.4, 0.5) is 5.69 Å². The van der Waals surface area contributed by atoms with Gasteiger partial charge in [0, 0.05) is 55.1 Å². The van der Waals surface area contributed by atoms with Gasteiger partial charge in [-0.05, 0) is 50.5 Å². The van der Waals surface area contributed by atoms with Crippen LogP contribution in [0.1, 0.15) is 24.0 Å². The zero-order chi connectivity index (χ0) is 21.6. The molecule has 2 heterocycles. The van der Waals surface area contributed by atoms with E-state index in [-0.39, 0.29) is 11.8 Å². The van der Waals surface area contributed by atoms with Crippen LogP contribution >= 0.6 is 11.8 Å². The maximum Gasteiger partial charge on any atom is 0.224 e. The Bertz CT molecular complexity index is 890. The highest BCUT2D eigenvalue weighted by atomic mass is 32.2. The third-order valence-electron chi connectivity index (χ3n) is 6.20. The number of hydrogen-bond donors (Lipinski definition) is 1. The third kappa shape index (κ3) is 5.82. The van der Waals surface area contributed by atoms with Gasteiger partial charge in [0.05, 0.1) is 12.4 Å². The van der Waals surface area contributed by atoms with Crippen LogP contribution in [0.25, 0.3) is 0 Å². The number of aryl methyl sites for hydroxylation is 2. The van der Waals surface area contributed by atoms with Crippen molar-refractivity contribution >= 4 is 23.4 Å². The van der Waals surface area contributed by atoms with E-state index < -0.39 is 0 Å². The van der Waals surface area contributed by atoms with Crippen molar-refractivity contribution in [1.29, 1.82) is 0 Å². The summed E-state index contributed by atoms with van der Waals surface area (Å²) in [5.41, 5.74) is 3.93. The Kier molecular flexibility index (Phi) is 7.54. The molecule has 31 heavy (non-hydrogen) atoms. The van der Waals surface area contributed by atoms with Crippen molar-refractivity contribution < 1.29 is 9.53 Å². The largest absolute Gasteiger partial charge is 0.381 e. The van der Waals surface area contributed by atoms with Gasteiger partial charge in [-0.2, -0.15) is 0 Å². The molecule has 1 N–H and O–H groups in total. The van der Waals surface area contributed by atoms with Crippen molar-refractivity contribution in [1.82, 2.24) is 10.2 Å². The Hall–Kier alpha value is -2.02. The summed E-state index contributed by atoms with van der Waals surface area (Å²) in [6, 6.07) is 15.4. The van der Waals surface area contributed by atoms with Gasteiger partial charge in [-0.25, -0.2) is 0 Å². The number of nitrogens with one attached hydrogen (secondary N) is 1. The number of benzene rings is 2. The zero-order valence-electron chi connectivity index (χ0n) is 18.6. The van der Waals surface area contributed by atoms with Crippen molar-refractivity contribution in [2.75, 3.05) is 51.0 Å². The summed E-state index contributed by atoms with van der Waals surface area (Å²) < 4.78 is 5.36. The molecule has 0 atom stereocenters. The number of carbonyl (C=O) groups excluding carboxylic acids is 1. The monoisotopic (exact) mass is 439 g/mol. The fourth-order valence-electron chi connectivity index (χ4n) is 4.28. The molecule has 0 aliphatic carbocycles. The lowest BCUT2D eigenvalue weighted by molar-refractivity contribution is -0.128. The first-order valence-electron chi connectivity index (χ1n) is 11.3. The molecule has 6 heteroatoms. The molecule has 2 aliphatic rings. The van der Waals surface area contributed by atoms with E-state index in [1.165, 1.54) is 26.6 Å². The highest BCUT2D eigenvalue weighted by Crippen LogP contribution is 2.37. The van der Waals surface area contributed by atoms with E-state index in [4.69, 9.17) is 4.74 Å². The number of rotatable bonds is 6. The summed E-state index contributed by atoms with van der Waals surface area (Å²) in [5.74, 6) is 0.296. The van der Waals surface area contributed by atoms with E-state index in [0.717, 1.165) is 39.0 Å². The number of anilines is 1. The molecule has 2 fully saturated rings. The van der Waals surface area contributed by atoms with Gasteiger partial charge < -0.3 is 15.0 Å². The molecule has 1 amide bonds. The minimum absolute atomic E-state index is 0.115. The molecule has 2 aromatic carbocycles. The maximum atomic E-state index is 12.4. The predicted octanol–water partition coefficient (Wildman–Crippen LogP) is 4.08. The number of ether oxygens (including phenoxy) is 1. The van der Waals surface area contributed by atoms with E-state index in [0.29, 0.717) is 19.9 Å². The molecule has 0 radical (unpaired) electrons. The van der Waals surface area contributed by atoms with Crippen molar-refractivity contribution in [3.8, 4) is 0 Å². The molecule has 0 saturated carbocycles. The zero-order valence-corrected chi connectivity index (χ0v) is 19.4. The van der Waals surface area contributed by atoms with Crippen LogP contribution in [0.15, 0.2) is 52.3 Å². The van der Waals surface area contributed by atoms with Crippen LogP contribution in [0.2, 0.25) is 0 Å². The molecule has 0 aromatic heterocycles. The van der Waals surface area contributed by atoms with Gasteiger partial charge in [-0.1, -0.05) is 41.6 Å². The average molecular weight is 440 g/mol. The third-order valence-corrected chi connectivity index (χ3v) is 7.44. The number of para-hydroxylation sites is 1. The van der Waals surface area contributed by atoms with Crippen molar-refractivity contribution in [3.63, 3.8) is 0 Å². The summed E-state index contributed by atoms with van der Waals surface area (Å²) in [6.45, 7) is 10.2. The van der Waals surface area contributed by atoms with Crippen LogP contribution in [0.3, 0.4) is 0 Å². The smallest absolute Gasteiger partial charge is 0.224 e. The lowest BCUT2D eigenvalue weighted by atomic mass is 10.00. The first-order chi connectivity index (χ1) is 15.1. The molecular weight excluding hydrogens is 406 g/mol. The molecule has 166 valence electrons. The molecule has 2 aromatic rings. The Morgan fingerprint density at radius 1 is 1.03 bits per heavy atom. The first kappa shape index (κ1) is 22.2. The molecule has 5 nitrogen and oxygen atoms in total. The van der Waals surface area contributed by atoms with Gasteiger partial charge >= 0.3 is 0 Å². The molecule has 0 spiro atoms. The quantitative estimate of drug-likeness (QED) is 0.735. The van der Waals surface area contributed by atoms with E-state index in [1.807, 2.05) is 11.8 Å². The maximum absolute atomic E-state index is 12.4. The number of amides is 1. The van der Waals surface area contributed by atoms with Gasteiger partial charge in [0.15, 0.2) is 0 Å². The summed E-state index contributed by atoms with van der Waals surface area (Å²) >= 11 is 1.85. The highest BCUT2D eigenvalue weighted by Gasteiger charge is 2.23. The van der Waals surface area contributed by atoms with Crippen LogP contribution in [-0.2, 0) is 9.53 Å². The summed E-state index contributed by atoms with van der Waals surface area (Å²) in [4.78, 5) is 19.8. The normalized spacial score (nSPS) is 18.2. The molecule has 2 saturated heterocycles. The van der Waals surface area contributed by atoms with Gasteiger partial charge in [0.25, 0.3) is 0 Å². The summed E-state index contributed by atoms with van der Waals surface area (Å²) in [6.07, 6.45) is 1.68. The number of hydrogen-bond acceptors (Lipinski definition) is 5. The molecule has 2 aliphatic heterocycles. The van der Waals surface area contributed by atoms with Crippen LogP contribution in [0.5, 0.6) is 0 Å². The Balaban J connectivity index is 1.32. The minimum atomic E-state index is 0.115. The second-order valence-electron chi connectivity index (χ2n) is 8.53. The van der Waals surface area contributed by atoms with Gasteiger partial charge in [-0.15, -0.1) is 0 Å². The van der Waals surface area contributed by atoms with E-state index in [1.54, 1.807) is 0 Å². The second-order valence-corrected chi connectivity index (χ2v) is 9.61. The average Bonchev–Trinajstić information content (AvgIpc) is 2.80. The highest BCUT2D eigenvalue weighted by molar-refractivity contribution is 7.99. The first-order valence-corrected chi connectivity index (χ1v) is 12.1. The Morgan fingerprint density at radius 2 is 1.77 bits per heavy atom. The number of carbonyl (C=O) groups is 1. The summed E-state index contributed by atoms with van der Waals surface area (Å²) in [5, 5.41) is 3.14. The number of piperazine rings is 1. The number of nitrogens with zero attached hydrogens (tertiary/aromatic N) is 2. The van der Waals surface area contributed by atoms with Crippen LogP contribution < -0.4 is 10.2 Å². The lowest BCUT2D eigenvalue weighted by Crippen LogP contribution is -2.51. The van der Waals surface area contributed by atoms with E-state index in [2.05, 4.69) is 71.4 Å². The Labute approximate surface area is 190 Å². The van der Waals surface area contributed by atoms with Crippen LogP contribution in [0, 0.1) is 19.8 Å². The van der Waals surface area contributed by atoms with Crippen molar-refractivity contribution in [2.45, 2.75) is 36.5 Å². The predicted molar refractivity (Wildman–Crippen MR) is 127 cm³/mol. The summed E-state index contributed by atoms with van der Waals surface area (Å²) in [7, 11) is 0. The minimum Gasteiger partial charge on any atom is -0.381 e. The lowest BCUT2D eigenvalue weighted by Gasteiger charge is -2.37. The van der Waals surface area contributed by atoms with E-state index >= 15 is 0 Å². The second kappa shape index (κ2) is 10.5. The SMILES string of the molecule is Cc1ccc(Sc2ccccc2N2CCN(CNC(=O)C3CCOCC3)CC2)c(C)c1. The van der Waals surface area contributed by atoms with Crippen molar-refractivity contribution in [3.05, 3.63) is 53.6 Å². The molecule has 0 bridgehead atoms. The van der Waals surface area contributed by atoms with Crippen molar-refractivity contribution in [2.24, 2.45) is 5.92 Å². The topological polar surface area (TPSA) is 44.8 Å².